The predicted octanol–water partition coefficient (Wildman–Crippen LogP) is 5.09. The zero-order valence-corrected chi connectivity index (χ0v) is 18.5. The standard InChI is InChI=1S/C27H23N3O3/c1-17-8-18(2)10-21(9-17)22-12-23(26(29-15-22)20-4-3-7-28-14-20)27(31)30-13-19-5-6-24-25(11-19)33-16-32-24/h3-12,14-15H,13,16H2,1-2H3,(H,30,31). The summed E-state index contributed by atoms with van der Waals surface area (Å²) in [5.41, 5.74) is 7.06. The molecule has 0 spiro atoms. The van der Waals surface area contributed by atoms with E-state index in [1.807, 2.05) is 42.6 Å². The predicted molar refractivity (Wildman–Crippen MR) is 126 cm³/mol. The number of nitrogens with zero attached hydrogens (tertiary/aromatic N) is 2. The van der Waals surface area contributed by atoms with Crippen LogP contribution in [0.1, 0.15) is 27.0 Å². The monoisotopic (exact) mass is 437 g/mol. The zero-order chi connectivity index (χ0) is 22.8. The maximum Gasteiger partial charge on any atom is 0.253 e. The highest BCUT2D eigenvalue weighted by Crippen LogP contribution is 2.32. The van der Waals surface area contributed by atoms with E-state index in [1.54, 1.807) is 12.4 Å². The molecule has 0 bridgehead atoms. The molecule has 1 aliphatic rings. The summed E-state index contributed by atoms with van der Waals surface area (Å²) in [6.07, 6.45) is 5.23. The van der Waals surface area contributed by atoms with Crippen LogP contribution in [0, 0.1) is 13.8 Å². The van der Waals surface area contributed by atoms with Gasteiger partial charge in [-0.1, -0.05) is 35.4 Å². The second-order valence-electron chi connectivity index (χ2n) is 8.11. The van der Waals surface area contributed by atoms with Gasteiger partial charge in [-0.2, -0.15) is 0 Å². The molecule has 0 atom stereocenters. The van der Waals surface area contributed by atoms with Crippen LogP contribution in [0.15, 0.2) is 73.2 Å². The van der Waals surface area contributed by atoms with Crippen molar-refractivity contribution in [2.75, 3.05) is 6.79 Å². The number of hydrogen-bond donors (Lipinski definition) is 1. The molecule has 0 saturated heterocycles. The first kappa shape index (κ1) is 20.7. The summed E-state index contributed by atoms with van der Waals surface area (Å²) in [7, 11) is 0. The van der Waals surface area contributed by atoms with Crippen molar-refractivity contribution in [1.82, 2.24) is 15.3 Å². The number of ether oxygens (including phenoxy) is 2. The van der Waals surface area contributed by atoms with Gasteiger partial charge in [0.1, 0.15) is 0 Å². The van der Waals surface area contributed by atoms with Crippen molar-refractivity contribution in [3.8, 4) is 33.9 Å². The number of nitrogens with one attached hydrogen (secondary N) is 1. The highest BCUT2D eigenvalue weighted by Gasteiger charge is 2.18. The number of aromatic nitrogens is 2. The lowest BCUT2D eigenvalue weighted by molar-refractivity contribution is 0.0951. The first-order valence-corrected chi connectivity index (χ1v) is 10.7. The van der Waals surface area contributed by atoms with Crippen LogP contribution in [-0.4, -0.2) is 22.7 Å². The van der Waals surface area contributed by atoms with Crippen molar-refractivity contribution in [2.45, 2.75) is 20.4 Å². The van der Waals surface area contributed by atoms with Gasteiger partial charge in [-0.25, -0.2) is 0 Å². The molecule has 0 radical (unpaired) electrons. The Kier molecular flexibility index (Phi) is 5.48. The van der Waals surface area contributed by atoms with Crippen molar-refractivity contribution < 1.29 is 14.3 Å². The molecule has 3 heterocycles. The quantitative estimate of drug-likeness (QED) is 0.471. The summed E-state index contributed by atoms with van der Waals surface area (Å²) < 4.78 is 10.8. The molecule has 2 aromatic carbocycles. The van der Waals surface area contributed by atoms with E-state index in [4.69, 9.17) is 9.47 Å². The number of benzene rings is 2. The third-order valence-corrected chi connectivity index (χ3v) is 5.51. The summed E-state index contributed by atoms with van der Waals surface area (Å²) in [6, 6.07) is 17.6. The summed E-state index contributed by atoms with van der Waals surface area (Å²) in [5.74, 6) is 1.20. The molecule has 6 heteroatoms. The summed E-state index contributed by atoms with van der Waals surface area (Å²) in [6.45, 7) is 4.70. The molecule has 2 aromatic heterocycles. The van der Waals surface area contributed by atoms with Crippen LogP contribution in [-0.2, 0) is 6.54 Å². The van der Waals surface area contributed by atoms with Crippen LogP contribution in [0.25, 0.3) is 22.4 Å². The maximum absolute atomic E-state index is 13.3. The third kappa shape index (κ3) is 4.41. The van der Waals surface area contributed by atoms with E-state index in [0.29, 0.717) is 29.3 Å². The zero-order valence-electron chi connectivity index (χ0n) is 18.5. The van der Waals surface area contributed by atoms with Crippen LogP contribution in [0.4, 0.5) is 0 Å². The highest BCUT2D eigenvalue weighted by atomic mass is 16.7. The van der Waals surface area contributed by atoms with Crippen molar-refractivity contribution >= 4 is 5.91 Å². The Labute approximate surface area is 192 Å². The average Bonchev–Trinajstić information content (AvgIpc) is 3.30. The third-order valence-electron chi connectivity index (χ3n) is 5.51. The van der Waals surface area contributed by atoms with Gasteiger partial charge in [-0.15, -0.1) is 0 Å². The van der Waals surface area contributed by atoms with Crippen LogP contribution in [0.2, 0.25) is 0 Å². The largest absolute Gasteiger partial charge is 0.454 e. The fourth-order valence-electron chi connectivity index (χ4n) is 4.00. The van der Waals surface area contributed by atoms with E-state index < -0.39 is 0 Å². The second kappa shape index (κ2) is 8.74. The van der Waals surface area contributed by atoms with Crippen molar-refractivity contribution in [2.24, 2.45) is 0 Å². The normalized spacial score (nSPS) is 11.9. The van der Waals surface area contributed by atoms with Gasteiger partial charge >= 0.3 is 0 Å². The first-order valence-electron chi connectivity index (χ1n) is 10.7. The molecule has 0 unspecified atom stereocenters. The number of fused-ring (bicyclic) bond motifs is 1. The van der Waals surface area contributed by atoms with Gasteiger partial charge in [0.05, 0.1) is 11.3 Å². The minimum atomic E-state index is -0.203. The van der Waals surface area contributed by atoms with Crippen LogP contribution in [0.5, 0.6) is 11.5 Å². The number of pyridine rings is 2. The molecule has 164 valence electrons. The van der Waals surface area contributed by atoms with Gasteiger partial charge in [-0.05, 0) is 55.3 Å². The molecule has 1 amide bonds. The summed E-state index contributed by atoms with van der Waals surface area (Å²) >= 11 is 0. The Morgan fingerprint density at radius 2 is 1.73 bits per heavy atom. The van der Waals surface area contributed by atoms with Crippen LogP contribution >= 0.6 is 0 Å². The first-order chi connectivity index (χ1) is 16.1. The number of hydrogen-bond acceptors (Lipinski definition) is 5. The number of aryl methyl sites for hydroxylation is 2. The van der Waals surface area contributed by atoms with Gasteiger partial charge in [0.25, 0.3) is 5.91 Å². The summed E-state index contributed by atoms with van der Waals surface area (Å²) in [4.78, 5) is 22.2. The van der Waals surface area contributed by atoms with Crippen LogP contribution < -0.4 is 14.8 Å². The minimum absolute atomic E-state index is 0.203. The minimum Gasteiger partial charge on any atom is -0.454 e. The number of carbonyl (C=O) groups excluding carboxylic acids is 1. The van der Waals surface area contributed by atoms with Gasteiger partial charge < -0.3 is 14.8 Å². The molecule has 0 saturated carbocycles. The Morgan fingerprint density at radius 3 is 2.52 bits per heavy atom. The molecule has 0 fully saturated rings. The van der Waals surface area contributed by atoms with E-state index in [-0.39, 0.29) is 12.7 Å². The summed E-state index contributed by atoms with van der Waals surface area (Å²) in [5, 5.41) is 3.02. The number of rotatable bonds is 5. The fraction of sp³-hybridized carbons (Fsp3) is 0.148. The Morgan fingerprint density at radius 1 is 0.909 bits per heavy atom. The SMILES string of the molecule is Cc1cc(C)cc(-c2cnc(-c3cccnc3)c(C(=O)NCc3ccc4c(c3)OCO4)c2)c1. The molecule has 6 nitrogen and oxygen atoms in total. The van der Waals surface area contributed by atoms with Gasteiger partial charge in [0.2, 0.25) is 6.79 Å². The molecular weight excluding hydrogens is 414 g/mol. The molecule has 1 N–H and O–H groups in total. The highest BCUT2D eigenvalue weighted by molar-refractivity contribution is 6.01. The lowest BCUT2D eigenvalue weighted by Crippen LogP contribution is -2.24. The second-order valence-corrected chi connectivity index (χ2v) is 8.11. The lowest BCUT2D eigenvalue weighted by Gasteiger charge is -2.13. The van der Waals surface area contributed by atoms with Crippen molar-refractivity contribution in [1.29, 1.82) is 0 Å². The van der Waals surface area contributed by atoms with Gasteiger partial charge in [0, 0.05) is 36.3 Å². The van der Waals surface area contributed by atoms with E-state index in [9.17, 15) is 4.79 Å². The topological polar surface area (TPSA) is 73.3 Å². The van der Waals surface area contributed by atoms with Crippen LogP contribution in [0.3, 0.4) is 0 Å². The number of carbonyl (C=O) groups is 1. The van der Waals surface area contributed by atoms with Gasteiger partial charge in [-0.3, -0.25) is 14.8 Å². The maximum atomic E-state index is 13.3. The smallest absolute Gasteiger partial charge is 0.253 e. The fourth-order valence-corrected chi connectivity index (χ4v) is 4.00. The van der Waals surface area contributed by atoms with E-state index in [1.165, 1.54) is 0 Å². The molecular formula is C27H23N3O3. The number of amides is 1. The molecule has 1 aliphatic heterocycles. The van der Waals surface area contributed by atoms with E-state index >= 15 is 0 Å². The average molecular weight is 437 g/mol. The Balaban J connectivity index is 1.48. The lowest BCUT2D eigenvalue weighted by atomic mass is 9.98. The van der Waals surface area contributed by atoms with Crippen molar-refractivity contribution in [3.63, 3.8) is 0 Å². The van der Waals surface area contributed by atoms with Gasteiger partial charge in [0.15, 0.2) is 11.5 Å². The van der Waals surface area contributed by atoms with E-state index in [0.717, 1.165) is 33.4 Å². The van der Waals surface area contributed by atoms with E-state index in [2.05, 4.69) is 47.3 Å². The molecule has 4 aromatic rings. The molecule has 5 rings (SSSR count). The van der Waals surface area contributed by atoms with Crippen molar-refractivity contribution in [3.05, 3.63) is 95.4 Å². The molecule has 33 heavy (non-hydrogen) atoms. The molecule has 0 aliphatic carbocycles. The Hall–Kier alpha value is -4.19. The Bertz CT molecular complexity index is 1320.